The van der Waals surface area contributed by atoms with E-state index >= 15 is 0 Å². The molecule has 26 heavy (non-hydrogen) atoms. The van der Waals surface area contributed by atoms with Crippen LogP contribution in [0.25, 0.3) is 10.2 Å². The van der Waals surface area contributed by atoms with E-state index in [9.17, 15) is 5.11 Å². The molecule has 1 aliphatic heterocycles. The number of nitrogens with one attached hydrogen (secondary N) is 1. The predicted molar refractivity (Wildman–Crippen MR) is 106 cm³/mol. The lowest BCUT2D eigenvalue weighted by Gasteiger charge is -2.31. The maximum absolute atomic E-state index is 9.84. The summed E-state index contributed by atoms with van der Waals surface area (Å²) in [4.78, 5) is 15.7. The highest BCUT2D eigenvalue weighted by Gasteiger charge is 2.19. The number of aliphatic hydroxyl groups excluding tert-OH is 1. The summed E-state index contributed by atoms with van der Waals surface area (Å²) in [6.07, 6.45) is 5.32. The van der Waals surface area contributed by atoms with Crippen molar-refractivity contribution < 1.29 is 5.11 Å². The first-order valence-electron chi connectivity index (χ1n) is 9.12. The zero-order chi connectivity index (χ0) is 17.8. The highest BCUT2D eigenvalue weighted by molar-refractivity contribution is 7.18. The number of hydrogen-bond acceptors (Lipinski definition) is 7. The molecule has 3 heterocycles. The fourth-order valence-corrected chi connectivity index (χ4v) is 4.25. The summed E-state index contributed by atoms with van der Waals surface area (Å²) in [6.45, 7) is 2.39. The van der Waals surface area contributed by atoms with Gasteiger partial charge in [-0.2, -0.15) is 4.98 Å². The van der Waals surface area contributed by atoms with Gasteiger partial charge >= 0.3 is 0 Å². The van der Waals surface area contributed by atoms with Crippen molar-refractivity contribution in [2.75, 3.05) is 29.9 Å². The minimum absolute atomic E-state index is 0.260. The molecule has 0 spiro atoms. The standard InChI is InChI=1S/C19H23N5OS/c25-14-5-4-12-24(13-14)17-9-11-21-19(23-17)20-10-3-8-18-22-15-6-1-2-7-16(15)26-18/h1-2,6-7,9,11,14,25H,3-5,8,10,12-13H2,(H,20,21,23)/t14-/m1/s1. The van der Waals surface area contributed by atoms with Gasteiger partial charge < -0.3 is 15.3 Å². The number of piperidine rings is 1. The molecule has 0 bridgehead atoms. The number of anilines is 2. The van der Waals surface area contributed by atoms with Crippen molar-refractivity contribution in [1.29, 1.82) is 0 Å². The number of aromatic nitrogens is 3. The number of β-amino-alcohol motifs (C(OH)–C–C–N with tert-alkyl or cyclic N) is 1. The third-order valence-electron chi connectivity index (χ3n) is 4.55. The van der Waals surface area contributed by atoms with Gasteiger partial charge in [0, 0.05) is 32.3 Å². The Balaban J connectivity index is 1.30. The minimum Gasteiger partial charge on any atom is -0.391 e. The van der Waals surface area contributed by atoms with E-state index < -0.39 is 0 Å². The third kappa shape index (κ3) is 4.11. The lowest BCUT2D eigenvalue weighted by molar-refractivity contribution is 0.154. The second kappa shape index (κ2) is 7.97. The van der Waals surface area contributed by atoms with Gasteiger partial charge in [-0.3, -0.25) is 0 Å². The molecule has 4 rings (SSSR count). The molecule has 2 N–H and O–H groups in total. The highest BCUT2D eigenvalue weighted by atomic mass is 32.1. The van der Waals surface area contributed by atoms with Crippen LogP contribution in [0.2, 0.25) is 0 Å². The summed E-state index contributed by atoms with van der Waals surface area (Å²) >= 11 is 1.76. The van der Waals surface area contributed by atoms with E-state index in [0.717, 1.165) is 50.1 Å². The second-order valence-corrected chi connectivity index (χ2v) is 7.70. The lowest BCUT2D eigenvalue weighted by Crippen LogP contribution is -2.38. The van der Waals surface area contributed by atoms with Crippen LogP contribution in [-0.4, -0.2) is 45.8 Å². The molecule has 1 atom stereocenters. The smallest absolute Gasteiger partial charge is 0.224 e. The number of nitrogens with zero attached hydrogens (tertiary/aromatic N) is 4. The monoisotopic (exact) mass is 369 g/mol. The molecule has 136 valence electrons. The normalized spacial score (nSPS) is 17.6. The molecule has 1 saturated heterocycles. The SMILES string of the molecule is O[C@@H]1CCCN(c2ccnc(NCCCc3nc4ccccc4s3)n2)C1. The molecule has 7 heteroatoms. The number of hydrogen-bond donors (Lipinski definition) is 2. The molecule has 6 nitrogen and oxygen atoms in total. The van der Waals surface area contributed by atoms with E-state index in [0.29, 0.717) is 12.5 Å². The van der Waals surface area contributed by atoms with E-state index in [1.165, 1.54) is 9.71 Å². The summed E-state index contributed by atoms with van der Waals surface area (Å²) in [6, 6.07) is 10.2. The predicted octanol–water partition coefficient (Wildman–Crippen LogP) is 3.09. The molecule has 0 radical (unpaired) electrons. The van der Waals surface area contributed by atoms with Crippen LogP contribution in [0.1, 0.15) is 24.3 Å². The molecular weight excluding hydrogens is 346 g/mol. The van der Waals surface area contributed by atoms with Crippen LogP contribution in [0.3, 0.4) is 0 Å². The molecule has 0 aliphatic carbocycles. The van der Waals surface area contributed by atoms with Gasteiger partial charge in [-0.25, -0.2) is 9.97 Å². The summed E-state index contributed by atoms with van der Waals surface area (Å²) in [7, 11) is 0. The highest BCUT2D eigenvalue weighted by Crippen LogP contribution is 2.22. The molecule has 1 fully saturated rings. The minimum atomic E-state index is -0.260. The van der Waals surface area contributed by atoms with Crippen molar-refractivity contribution in [2.45, 2.75) is 31.8 Å². The number of fused-ring (bicyclic) bond motifs is 1. The summed E-state index contributed by atoms with van der Waals surface area (Å²) in [5.41, 5.74) is 1.08. The third-order valence-corrected chi connectivity index (χ3v) is 5.65. The van der Waals surface area contributed by atoms with Crippen LogP contribution in [0.15, 0.2) is 36.5 Å². The van der Waals surface area contributed by atoms with Crippen molar-refractivity contribution in [3.63, 3.8) is 0 Å². The Morgan fingerprint density at radius 2 is 2.15 bits per heavy atom. The number of aliphatic hydroxyl groups is 1. The summed E-state index contributed by atoms with van der Waals surface area (Å²) in [5, 5.41) is 14.3. The maximum atomic E-state index is 9.84. The van der Waals surface area contributed by atoms with E-state index in [1.807, 2.05) is 12.1 Å². The zero-order valence-corrected chi connectivity index (χ0v) is 15.5. The van der Waals surface area contributed by atoms with E-state index in [-0.39, 0.29) is 6.10 Å². The quantitative estimate of drug-likeness (QED) is 0.651. The first-order chi connectivity index (χ1) is 12.8. The second-order valence-electron chi connectivity index (χ2n) is 6.59. The van der Waals surface area contributed by atoms with Gasteiger partial charge in [0.1, 0.15) is 5.82 Å². The molecule has 1 aromatic carbocycles. The van der Waals surface area contributed by atoms with Gasteiger partial charge in [0.05, 0.1) is 21.3 Å². The lowest BCUT2D eigenvalue weighted by atomic mass is 10.1. The number of para-hydroxylation sites is 1. The Morgan fingerprint density at radius 3 is 3.04 bits per heavy atom. The van der Waals surface area contributed by atoms with Gasteiger partial charge in [0.15, 0.2) is 0 Å². The molecule has 0 saturated carbocycles. The molecule has 3 aromatic rings. The Kier molecular flexibility index (Phi) is 5.26. The fraction of sp³-hybridized carbons (Fsp3) is 0.421. The van der Waals surface area contributed by atoms with Gasteiger partial charge in [-0.1, -0.05) is 12.1 Å². The van der Waals surface area contributed by atoms with Crippen molar-refractivity contribution >= 4 is 33.3 Å². The number of benzene rings is 1. The molecule has 2 aromatic heterocycles. The van der Waals surface area contributed by atoms with Crippen LogP contribution in [0.4, 0.5) is 11.8 Å². The maximum Gasteiger partial charge on any atom is 0.224 e. The van der Waals surface area contributed by atoms with E-state index in [1.54, 1.807) is 17.5 Å². The average molecular weight is 369 g/mol. The number of rotatable bonds is 6. The molecule has 1 aliphatic rings. The van der Waals surface area contributed by atoms with Gasteiger partial charge in [0.2, 0.25) is 5.95 Å². The first-order valence-corrected chi connectivity index (χ1v) is 9.94. The largest absolute Gasteiger partial charge is 0.391 e. The topological polar surface area (TPSA) is 74.2 Å². The van der Waals surface area contributed by atoms with E-state index in [4.69, 9.17) is 0 Å². The fourth-order valence-electron chi connectivity index (χ4n) is 3.24. The van der Waals surface area contributed by atoms with Crippen LogP contribution in [-0.2, 0) is 6.42 Å². The van der Waals surface area contributed by atoms with Crippen molar-refractivity contribution in [1.82, 2.24) is 15.0 Å². The average Bonchev–Trinajstić information content (AvgIpc) is 3.08. The summed E-state index contributed by atoms with van der Waals surface area (Å²) < 4.78 is 1.25. The van der Waals surface area contributed by atoms with Gasteiger partial charge in [-0.05, 0) is 37.5 Å². The molecular formula is C19H23N5OS. The van der Waals surface area contributed by atoms with Gasteiger partial charge in [0.25, 0.3) is 0 Å². The van der Waals surface area contributed by atoms with Crippen LogP contribution in [0.5, 0.6) is 0 Å². The number of aryl methyl sites for hydroxylation is 1. The molecule has 0 unspecified atom stereocenters. The number of thiazole rings is 1. The summed E-state index contributed by atoms with van der Waals surface area (Å²) in [5.74, 6) is 1.53. The van der Waals surface area contributed by atoms with Crippen LogP contribution < -0.4 is 10.2 Å². The Bertz CT molecular complexity index is 835. The zero-order valence-electron chi connectivity index (χ0n) is 14.6. The van der Waals surface area contributed by atoms with Crippen LogP contribution in [0, 0.1) is 0 Å². The Hall–Kier alpha value is -2.25. The van der Waals surface area contributed by atoms with Crippen molar-refractivity contribution in [3.05, 3.63) is 41.5 Å². The van der Waals surface area contributed by atoms with Crippen LogP contribution >= 0.6 is 11.3 Å². The molecule has 0 amide bonds. The Morgan fingerprint density at radius 1 is 1.23 bits per heavy atom. The Labute approximate surface area is 156 Å². The van der Waals surface area contributed by atoms with Gasteiger partial charge in [-0.15, -0.1) is 11.3 Å². The van der Waals surface area contributed by atoms with E-state index in [2.05, 4.69) is 43.4 Å². The van der Waals surface area contributed by atoms with Crippen molar-refractivity contribution in [2.24, 2.45) is 0 Å². The first kappa shape index (κ1) is 17.2. The van der Waals surface area contributed by atoms with Crippen molar-refractivity contribution in [3.8, 4) is 0 Å².